The van der Waals surface area contributed by atoms with E-state index in [0.29, 0.717) is 23.0 Å². The minimum absolute atomic E-state index is 0.202. The number of anilines is 1. The molecule has 1 aliphatic rings. The second-order valence-electron chi connectivity index (χ2n) is 4.87. The summed E-state index contributed by atoms with van der Waals surface area (Å²) in [5.41, 5.74) is 2.81. The van der Waals surface area contributed by atoms with Crippen LogP contribution in [0.3, 0.4) is 0 Å². The quantitative estimate of drug-likeness (QED) is 0.894. The molecule has 3 rings (SSSR count). The minimum Gasteiger partial charge on any atom is -0.480 e. The Hall–Kier alpha value is -2.01. The number of halogens is 1. The summed E-state index contributed by atoms with van der Waals surface area (Å²) in [4.78, 5) is 12.2. The van der Waals surface area contributed by atoms with Crippen molar-refractivity contribution in [3.8, 4) is 5.75 Å². The average molecular weight is 292 g/mol. The van der Waals surface area contributed by atoms with Crippen molar-refractivity contribution in [2.75, 3.05) is 5.32 Å². The van der Waals surface area contributed by atoms with Gasteiger partial charge in [0.05, 0.1) is 0 Å². The van der Waals surface area contributed by atoms with Gasteiger partial charge in [-0.05, 0) is 37.6 Å². The Morgan fingerprint density at radius 1 is 1.50 bits per heavy atom. The van der Waals surface area contributed by atoms with Crippen LogP contribution in [-0.4, -0.2) is 22.2 Å². The Morgan fingerprint density at radius 3 is 3.00 bits per heavy atom. The highest BCUT2D eigenvalue weighted by molar-refractivity contribution is 6.30. The van der Waals surface area contributed by atoms with Gasteiger partial charge in [0.15, 0.2) is 11.9 Å². The predicted molar refractivity (Wildman–Crippen MR) is 76.3 cm³/mol. The van der Waals surface area contributed by atoms with Gasteiger partial charge in [0.2, 0.25) is 0 Å². The minimum atomic E-state index is -0.542. The number of rotatable bonds is 2. The van der Waals surface area contributed by atoms with Gasteiger partial charge in [-0.25, -0.2) is 0 Å². The highest BCUT2D eigenvalue weighted by atomic mass is 35.5. The van der Waals surface area contributed by atoms with E-state index in [0.717, 1.165) is 16.8 Å². The van der Waals surface area contributed by atoms with E-state index in [9.17, 15) is 4.79 Å². The van der Waals surface area contributed by atoms with Crippen LogP contribution in [0.1, 0.15) is 16.8 Å². The standard InChI is InChI=1S/C14H14ClN3O2/c1-7-8(2)17-18-13(7)16-14(19)12-6-9-5-10(15)3-4-11(9)20-12/h3-5,12H,6H2,1-2H3,(H2,16,17,18,19). The van der Waals surface area contributed by atoms with Crippen molar-refractivity contribution in [1.29, 1.82) is 0 Å². The molecular formula is C14H14ClN3O2. The number of aromatic amines is 1. The number of hydrogen-bond donors (Lipinski definition) is 2. The van der Waals surface area contributed by atoms with Gasteiger partial charge in [0.1, 0.15) is 5.75 Å². The molecule has 2 aromatic rings. The SMILES string of the molecule is Cc1[nH]nc(NC(=O)C2Cc3cc(Cl)ccc3O2)c1C. The molecule has 1 aromatic heterocycles. The third-order valence-corrected chi connectivity index (χ3v) is 3.72. The normalized spacial score (nSPS) is 16.6. The smallest absolute Gasteiger partial charge is 0.267 e. The first-order chi connectivity index (χ1) is 9.54. The van der Waals surface area contributed by atoms with Crippen LogP contribution in [0.15, 0.2) is 18.2 Å². The maximum absolute atomic E-state index is 12.2. The number of nitrogens with zero attached hydrogens (tertiary/aromatic N) is 1. The van der Waals surface area contributed by atoms with E-state index in [1.54, 1.807) is 12.1 Å². The molecular weight excluding hydrogens is 278 g/mol. The van der Waals surface area contributed by atoms with Gasteiger partial charge in [-0.3, -0.25) is 9.89 Å². The topological polar surface area (TPSA) is 67.0 Å². The van der Waals surface area contributed by atoms with Crippen molar-refractivity contribution in [2.24, 2.45) is 0 Å². The number of aromatic nitrogens is 2. The van der Waals surface area contributed by atoms with Crippen LogP contribution in [0.2, 0.25) is 5.02 Å². The van der Waals surface area contributed by atoms with Crippen LogP contribution < -0.4 is 10.1 Å². The fraction of sp³-hybridized carbons (Fsp3) is 0.286. The van der Waals surface area contributed by atoms with Crippen LogP contribution in [0.25, 0.3) is 0 Å². The van der Waals surface area contributed by atoms with Crippen LogP contribution in [0.5, 0.6) is 5.75 Å². The summed E-state index contributed by atoms with van der Waals surface area (Å²) in [6.45, 7) is 3.81. The lowest BCUT2D eigenvalue weighted by Crippen LogP contribution is -2.31. The molecule has 20 heavy (non-hydrogen) atoms. The molecule has 1 aliphatic heterocycles. The van der Waals surface area contributed by atoms with Gasteiger partial charge in [0, 0.05) is 22.7 Å². The molecule has 0 fully saturated rings. The van der Waals surface area contributed by atoms with Crippen LogP contribution in [0.4, 0.5) is 5.82 Å². The molecule has 5 nitrogen and oxygen atoms in total. The summed E-state index contributed by atoms with van der Waals surface area (Å²) in [6.07, 6.45) is -0.0237. The third kappa shape index (κ3) is 2.25. The molecule has 2 heterocycles. The van der Waals surface area contributed by atoms with Crippen molar-refractivity contribution >= 4 is 23.3 Å². The van der Waals surface area contributed by atoms with Crippen LogP contribution in [0, 0.1) is 13.8 Å². The number of fused-ring (bicyclic) bond motifs is 1. The van der Waals surface area contributed by atoms with Crippen molar-refractivity contribution in [3.05, 3.63) is 40.0 Å². The second-order valence-corrected chi connectivity index (χ2v) is 5.31. The molecule has 104 valence electrons. The van der Waals surface area contributed by atoms with E-state index in [4.69, 9.17) is 16.3 Å². The molecule has 0 saturated heterocycles. The highest BCUT2D eigenvalue weighted by Crippen LogP contribution is 2.31. The van der Waals surface area contributed by atoms with E-state index < -0.39 is 6.10 Å². The molecule has 1 atom stereocenters. The summed E-state index contributed by atoms with van der Waals surface area (Å²) in [5.74, 6) is 1.06. The van der Waals surface area contributed by atoms with Crippen molar-refractivity contribution in [1.82, 2.24) is 10.2 Å². The monoisotopic (exact) mass is 291 g/mol. The van der Waals surface area contributed by atoms with E-state index >= 15 is 0 Å². The van der Waals surface area contributed by atoms with Gasteiger partial charge in [-0.1, -0.05) is 11.6 Å². The van der Waals surface area contributed by atoms with Gasteiger partial charge >= 0.3 is 0 Å². The molecule has 0 spiro atoms. The average Bonchev–Trinajstić information content (AvgIpc) is 2.96. The Labute approximate surface area is 121 Å². The number of amides is 1. The van der Waals surface area contributed by atoms with Crippen LogP contribution in [-0.2, 0) is 11.2 Å². The van der Waals surface area contributed by atoms with Gasteiger partial charge < -0.3 is 10.1 Å². The number of benzene rings is 1. The Bertz CT molecular complexity index is 681. The first-order valence-corrected chi connectivity index (χ1v) is 6.70. The molecule has 6 heteroatoms. The number of carbonyl (C=O) groups excluding carboxylic acids is 1. The zero-order valence-corrected chi connectivity index (χ0v) is 11.9. The fourth-order valence-electron chi connectivity index (χ4n) is 2.17. The lowest BCUT2D eigenvalue weighted by atomic mass is 10.1. The zero-order valence-electron chi connectivity index (χ0n) is 11.2. The number of carbonyl (C=O) groups is 1. The number of H-pyrrole nitrogens is 1. The number of hydrogen-bond acceptors (Lipinski definition) is 3. The lowest BCUT2D eigenvalue weighted by Gasteiger charge is -2.10. The number of aryl methyl sites for hydroxylation is 1. The van der Waals surface area contributed by atoms with Gasteiger partial charge in [0.25, 0.3) is 5.91 Å². The van der Waals surface area contributed by atoms with Crippen molar-refractivity contribution in [3.63, 3.8) is 0 Å². The van der Waals surface area contributed by atoms with Crippen molar-refractivity contribution < 1.29 is 9.53 Å². The Morgan fingerprint density at radius 2 is 2.30 bits per heavy atom. The van der Waals surface area contributed by atoms with Gasteiger partial charge in [-0.15, -0.1) is 0 Å². The summed E-state index contributed by atoms with van der Waals surface area (Å²) in [5, 5.41) is 10.3. The summed E-state index contributed by atoms with van der Waals surface area (Å²) >= 11 is 5.93. The molecule has 0 saturated carbocycles. The van der Waals surface area contributed by atoms with Crippen molar-refractivity contribution in [2.45, 2.75) is 26.4 Å². The summed E-state index contributed by atoms with van der Waals surface area (Å²) in [7, 11) is 0. The number of nitrogens with one attached hydrogen (secondary N) is 2. The van der Waals surface area contributed by atoms with E-state index in [1.165, 1.54) is 0 Å². The van der Waals surface area contributed by atoms with Crippen LogP contribution >= 0.6 is 11.6 Å². The first-order valence-electron chi connectivity index (χ1n) is 6.32. The number of ether oxygens (including phenoxy) is 1. The first kappa shape index (κ1) is 13.0. The van der Waals surface area contributed by atoms with Gasteiger partial charge in [-0.2, -0.15) is 5.10 Å². The second kappa shape index (κ2) is 4.83. The predicted octanol–water partition coefficient (Wildman–Crippen LogP) is 2.62. The zero-order chi connectivity index (χ0) is 14.3. The maximum Gasteiger partial charge on any atom is 0.267 e. The van der Waals surface area contributed by atoms with E-state index in [-0.39, 0.29) is 5.91 Å². The Balaban J connectivity index is 1.73. The van der Waals surface area contributed by atoms with E-state index in [2.05, 4.69) is 15.5 Å². The largest absolute Gasteiger partial charge is 0.480 e. The summed E-state index contributed by atoms with van der Waals surface area (Å²) in [6, 6.07) is 5.37. The maximum atomic E-state index is 12.2. The highest BCUT2D eigenvalue weighted by Gasteiger charge is 2.29. The lowest BCUT2D eigenvalue weighted by molar-refractivity contribution is -0.122. The molecule has 0 radical (unpaired) electrons. The summed E-state index contributed by atoms with van der Waals surface area (Å²) < 4.78 is 5.63. The molecule has 1 unspecified atom stereocenters. The molecule has 1 aromatic carbocycles. The molecule has 0 bridgehead atoms. The van der Waals surface area contributed by atoms with E-state index in [1.807, 2.05) is 19.9 Å². The fourth-order valence-corrected chi connectivity index (χ4v) is 2.36. The molecule has 2 N–H and O–H groups in total. The Kier molecular flexibility index (Phi) is 3.14. The molecule has 1 amide bonds. The third-order valence-electron chi connectivity index (χ3n) is 3.48. The molecule has 0 aliphatic carbocycles.